The zero-order chi connectivity index (χ0) is 15.3. The summed E-state index contributed by atoms with van der Waals surface area (Å²) in [6.07, 6.45) is 7.17. The standard InChI is InChI=1S/C16H32N4O/c1-16(18-2,15(17)21)8-4-6-9-19-11-12-20-10-5-3-7-14(20)13-19/h14,18H,3-13H2,1-2H3,(H2,17,21). The van der Waals surface area contributed by atoms with E-state index in [9.17, 15) is 4.79 Å². The van der Waals surface area contributed by atoms with Gasteiger partial charge in [-0.15, -0.1) is 0 Å². The van der Waals surface area contributed by atoms with Crippen molar-refractivity contribution in [2.45, 2.75) is 57.0 Å². The fraction of sp³-hybridized carbons (Fsp3) is 0.938. The predicted octanol–water partition coefficient (Wildman–Crippen LogP) is 0.790. The molecule has 0 saturated carbocycles. The first-order valence-electron chi connectivity index (χ1n) is 8.50. The minimum Gasteiger partial charge on any atom is -0.368 e. The third kappa shape index (κ3) is 4.41. The number of unbranched alkanes of at least 4 members (excludes halogenated alkanes) is 1. The van der Waals surface area contributed by atoms with Crippen LogP contribution in [-0.2, 0) is 4.79 Å². The number of hydrogen-bond donors (Lipinski definition) is 2. The van der Waals surface area contributed by atoms with Crippen LogP contribution in [0.2, 0.25) is 0 Å². The summed E-state index contributed by atoms with van der Waals surface area (Å²) in [6.45, 7) is 8.03. The minimum atomic E-state index is -0.554. The molecular weight excluding hydrogens is 264 g/mol. The molecule has 2 aliphatic rings. The van der Waals surface area contributed by atoms with Crippen LogP contribution in [0.1, 0.15) is 45.4 Å². The van der Waals surface area contributed by atoms with Crippen molar-refractivity contribution in [1.82, 2.24) is 15.1 Å². The maximum atomic E-state index is 11.4. The Labute approximate surface area is 129 Å². The van der Waals surface area contributed by atoms with Gasteiger partial charge in [-0.25, -0.2) is 0 Å². The molecule has 3 N–H and O–H groups in total. The molecule has 2 atom stereocenters. The van der Waals surface area contributed by atoms with Crippen LogP contribution in [0, 0.1) is 0 Å². The van der Waals surface area contributed by atoms with Gasteiger partial charge in [0.05, 0.1) is 5.54 Å². The SMILES string of the molecule is CNC(C)(CCCCN1CCN2CCCCC2C1)C(N)=O. The molecule has 122 valence electrons. The number of primary amides is 1. The summed E-state index contributed by atoms with van der Waals surface area (Å²) in [6, 6.07) is 0.792. The highest BCUT2D eigenvalue weighted by molar-refractivity contribution is 5.84. The van der Waals surface area contributed by atoms with Gasteiger partial charge in [-0.1, -0.05) is 6.42 Å². The van der Waals surface area contributed by atoms with Crippen molar-refractivity contribution in [2.75, 3.05) is 39.8 Å². The van der Waals surface area contributed by atoms with Gasteiger partial charge in [0, 0.05) is 25.7 Å². The molecule has 0 bridgehead atoms. The van der Waals surface area contributed by atoms with E-state index < -0.39 is 5.54 Å². The number of fused-ring (bicyclic) bond motifs is 1. The monoisotopic (exact) mass is 296 g/mol. The second kappa shape index (κ2) is 7.56. The number of piperidine rings is 1. The molecule has 0 aromatic heterocycles. The van der Waals surface area contributed by atoms with Gasteiger partial charge < -0.3 is 16.0 Å². The van der Waals surface area contributed by atoms with Crippen LogP contribution in [0.4, 0.5) is 0 Å². The summed E-state index contributed by atoms with van der Waals surface area (Å²) in [5.74, 6) is -0.249. The summed E-state index contributed by atoms with van der Waals surface area (Å²) >= 11 is 0. The number of carbonyl (C=O) groups is 1. The van der Waals surface area contributed by atoms with Gasteiger partial charge in [0.1, 0.15) is 0 Å². The number of likely N-dealkylation sites (N-methyl/N-ethyl adjacent to an activating group) is 1. The number of rotatable bonds is 7. The maximum Gasteiger partial charge on any atom is 0.237 e. The maximum absolute atomic E-state index is 11.4. The molecule has 0 aromatic rings. The van der Waals surface area contributed by atoms with Gasteiger partial charge in [-0.05, 0) is 59.2 Å². The van der Waals surface area contributed by atoms with Crippen LogP contribution >= 0.6 is 0 Å². The smallest absolute Gasteiger partial charge is 0.237 e. The van der Waals surface area contributed by atoms with Crippen molar-refractivity contribution >= 4 is 5.91 Å². The van der Waals surface area contributed by atoms with Crippen LogP contribution < -0.4 is 11.1 Å². The van der Waals surface area contributed by atoms with Crippen molar-refractivity contribution in [3.05, 3.63) is 0 Å². The lowest BCUT2D eigenvalue weighted by Gasteiger charge is -2.44. The molecule has 2 heterocycles. The molecule has 0 radical (unpaired) electrons. The molecule has 0 aromatic carbocycles. The van der Waals surface area contributed by atoms with E-state index >= 15 is 0 Å². The highest BCUT2D eigenvalue weighted by Crippen LogP contribution is 2.21. The third-order valence-corrected chi connectivity index (χ3v) is 5.42. The Morgan fingerprint density at radius 1 is 1.29 bits per heavy atom. The fourth-order valence-electron chi connectivity index (χ4n) is 3.61. The number of amides is 1. The van der Waals surface area contributed by atoms with E-state index in [2.05, 4.69) is 15.1 Å². The number of nitrogens with zero attached hydrogens (tertiary/aromatic N) is 2. The molecular formula is C16H32N4O. The first-order valence-corrected chi connectivity index (χ1v) is 8.50. The van der Waals surface area contributed by atoms with Crippen LogP contribution in [0.3, 0.4) is 0 Å². The zero-order valence-corrected chi connectivity index (χ0v) is 13.7. The summed E-state index contributed by atoms with van der Waals surface area (Å²) in [4.78, 5) is 16.7. The Morgan fingerprint density at radius 2 is 2.10 bits per heavy atom. The third-order valence-electron chi connectivity index (χ3n) is 5.42. The molecule has 0 spiro atoms. The van der Waals surface area contributed by atoms with E-state index in [0.29, 0.717) is 0 Å². The van der Waals surface area contributed by atoms with Gasteiger partial charge >= 0.3 is 0 Å². The number of hydrogen-bond acceptors (Lipinski definition) is 4. The second-order valence-electron chi connectivity index (χ2n) is 6.89. The van der Waals surface area contributed by atoms with Gasteiger partial charge in [0.2, 0.25) is 5.91 Å². The van der Waals surface area contributed by atoms with Crippen molar-refractivity contribution in [2.24, 2.45) is 5.73 Å². The predicted molar refractivity (Wildman–Crippen MR) is 86.2 cm³/mol. The molecule has 21 heavy (non-hydrogen) atoms. The van der Waals surface area contributed by atoms with E-state index in [0.717, 1.165) is 31.8 Å². The molecule has 5 heteroatoms. The lowest BCUT2D eigenvalue weighted by molar-refractivity contribution is -0.123. The molecule has 2 aliphatic heterocycles. The van der Waals surface area contributed by atoms with Crippen LogP contribution in [-0.4, -0.2) is 67.1 Å². The zero-order valence-electron chi connectivity index (χ0n) is 13.7. The van der Waals surface area contributed by atoms with Gasteiger partial charge in [-0.3, -0.25) is 9.69 Å². The molecule has 0 aliphatic carbocycles. The normalized spacial score (nSPS) is 27.0. The van der Waals surface area contributed by atoms with E-state index in [1.54, 1.807) is 0 Å². The number of piperazine rings is 1. The van der Waals surface area contributed by atoms with E-state index in [-0.39, 0.29) is 5.91 Å². The van der Waals surface area contributed by atoms with Gasteiger partial charge in [0.25, 0.3) is 0 Å². The Bertz CT molecular complexity index is 349. The molecule has 1 amide bonds. The topological polar surface area (TPSA) is 61.6 Å². The highest BCUT2D eigenvalue weighted by atomic mass is 16.1. The first kappa shape index (κ1) is 16.7. The second-order valence-corrected chi connectivity index (χ2v) is 6.89. The number of nitrogens with two attached hydrogens (primary N) is 1. The highest BCUT2D eigenvalue weighted by Gasteiger charge is 2.30. The Hall–Kier alpha value is -0.650. The minimum absolute atomic E-state index is 0.249. The van der Waals surface area contributed by atoms with Crippen LogP contribution in [0.15, 0.2) is 0 Å². The van der Waals surface area contributed by atoms with Gasteiger partial charge in [0.15, 0.2) is 0 Å². The quantitative estimate of drug-likeness (QED) is 0.682. The Kier molecular flexibility index (Phi) is 6.02. The number of carbonyl (C=O) groups excluding carboxylic acids is 1. The van der Waals surface area contributed by atoms with Crippen LogP contribution in [0.5, 0.6) is 0 Å². The van der Waals surface area contributed by atoms with Crippen molar-refractivity contribution in [3.8, 4) is 0 Å². The average Bonchev–Trinajstić information content (AvgIpc) is 2.51. The lowest BCUT2D eigenvalue weighted by atomic mass is 9.94. The number of nitrogens with one attached hydrogen (secondary N) is 1. The van der Waals surface area contributed by atoms with Crippen molar-refractivity contribution < 1.29 is 4.79 Å². The average molecular weight is 296 g/mol. The Morgan fingerprint density at radius 3 is 2.81 bits per heavy atom. The van der Waals surface area contributed by atoms with E-state index in [1.165, 1.54) is 45.4 Å². The summed E-state index contributed by atoms with van der Waals surface area (Å²) in [7, 11) is 1.81. The summed E-state index contributed by atoms with van der Waals surface area (Å²) in [5, 5.41) is 3.06. The molecule has 2 fully saturated rings. The summed E-state index contributed by atoms with van der Waals surface area (Å²) in [5.41, 5.74) is 4.91. The van der Waals surface area contributed by atoms with E-state index in [4.69, 9.17) is 5.73 Å². The molecule has 2 unspecified atom stereocenters. The first-order chi connectivity index (χ1) is 10.0. The fourth-order valence-corrected chi connectivity index (χ4v) is 3.61. The van der Waals surface area contributed by atoms with Crippen molar-refractivity contribution in [1.29, 1.82) is 0 Å². The molecule has 5 nitrogen and oxygen atoms in total. The van der Waals surface area contributed by atoms with Crippen molar-refractivity contribution in [3.63, 3.8) is 0 Å². The lowest BCUT2D eigenvalue weighted by Crippen LogP contribution is -2.54. The Balaban J connectivity index is 1.66. The molecule has 2 rings (SSSR count). The molecule has 2 saturated heterocycles. The van der Waals surface area contributed by atoms with Gasteiger partial charge in [-0.2, -0.15) is 0 Å². The van der Waals surface area contributed by atoms with Crippen LogP contribution in [0.25, 0.3) is 0 Å². The van der Waals surface area contributed by atoms with E-state index in [1.807, 2.05) is 14.0 Å². The summed E-state index contributed by atoms with van der Waals surface area (Å²) < 4.78 is 0. The largest absolute Gasteiger partial charge is 0.368 e.